The van der Waals surface area contributed by atoms with E-state index in [9.17, 15) is 30.0 Å². The maximum Gasteiger partial charge on any atom is 2.00 e. The molecule has 2 unspecified atom stereocenters. The molecule has 2 atom stereocenters. The summed E-state index contributed by atoms with van der Waals surface area (Å²) in [6.07, 6.45) is -1.59. The first-order valence-electron chi connectivity index (χ1n) is 14.7. The molecule has 11 heteroatoms. The third kappa shape index (κ3) is 6.52. The van der Waals surface area contributed by atoms with Crippen LogP contribution in [0.25, 0.3) is 44.4 Å². The van der Waals surface area contributed by atoms with Gasteiger partial charge < -0.3 is 40.0 Å². The second-order valence-electron chi connectivity index (χ2n) is 11.6. The molecule has 0 fully saturated rings. The van der Waals surface area contributed by atoms with Crippen LogP contribution in [0.3, 0.4) is 0 Å². The van der Waals surface area contributed by atoms with Crippen molar-refractivity contribution in [2.24, 2.45) is 0 Å². The van der Waals surface area contributed by atoms with E-state index >= 15 is 0 Å². The van der Waals surface area contributed by atoms with Gasteiger partial charge in [0.05, 0.1) is 35.0 Å². The number of carbonyl (C=O) groups is 2. The molecule has 0 aromatic carbocycles. The third-order valence-corrected chi connectivity index (χ3v) is 8.63. The van der Waals surface area contributed by atoms with Crippen molar-refractivity contribution in [2.75, 3.05) is 0 Å². The van der Waals surface area contributed by atoms with Crippen LogP contribution in [0, 0.1) is 13.8 Å². The van der Waals surface area contributed by atoms with Crippen molar-refractivity contribution in [1.82, 2.24) is 19.9 Å². The van der Waals surface area contributed by atoms with Gasteiger partial charge in [-0.3, -0.25) is 0 Å². The topological polar surface area (TPSA) is 178 Å². The molecule has 10 nitrogen and oxygen atoms in total. The van der Waals surface area contributed by atoms with Crippen LogP contribution in [-0.2, 0) is 26.1 Å². The Bertz CT molecular complexity index is 1930. The van der Waals surface area contributed by atoms with Crippen LogP contribution in [0.1, 0.15) is 111 Å². The molecule has 0 saturated heterocycles. The maximum atomic E-state index is 11.4. The van der Waals surface area contributed by atoms with Crippen molar-refractivity contribution < 1.29 is 46.5 Å². The summed E-state index contributed by atoms with van der Waals surface area (Å²) in [4.78, 5) is 39.5. The molecule has 238 valence electrons. The number of aliphatic hydroxyl groups is 2. The molecule has 0 amide bonds. The van der Waals surface area contributed by atoms with E-state index in [1.165, 1.54) is 0 Å². The number of carboxylic acid groups (broad SMARTS) is 2. The minimum absolute atomic E-state index is 0. The fraction of sp³-hybridized carbons (Fsp3) is 0.353. The number of carbonyl (C=O) groups excluding carboxylic acids is 2. The quantitative estimate of drug-likeness (QED) is 0.264. The van der Waals surface area contributed by atoms with Gasteiger partial charge in [0, 0.05) is 45.1 Å². The minimum Gasteiger partial charge on any atom is -0.550 e. The van der Waals surface area contributed by atoms with Crippen LogP contribution in [0.4, 0.5) is 0 Å². The molecule has 2 aliphatic rings. The van der Waals surface area contributed by atoms with Gasteiger partial charge in [0.1, 0.15) is 0 Å². The van der Waals surface area contributed by atoms with Gasteiger partial charge in [-0.25, -0.2) is 9.97 Å². The number of allylic oxidation sites excluding steroid dienone is 4. The summed E-state index contributed by atoms with van der Waals surface area (Å²) >= 11 is 0. The summed E-state index contributed by atoms with van der Waals surface area (Å²) in [7, 11) is 0. The summed E-state index contributed by atoms with van der Waals surface area (Å²) in [5.74, 6) is -2.35. The van der Waals surface area contributed by atoms with E-state index in [1.807, 2.05) is 45.9 Å². The van der Waals surface area contributed by atoms with Crippen LogP contribution in [0.15, 0.2) is 24.3 Å². The number of hydrogen-bond donors (Lipinski definition) is 4. The Labute approximate surface area is 270 Å². The summed E-state index contributed by atoms with van der Waals surface area (Å²) in [6.45, 7) is 11.0. The molecule has 0 saturated carbocycles. The number of hydrogen-bond acceptors (Lipinski definition) is 8. The Kier molecular flexibility index (Phi) is 9.87. The molecule has 5 rings (SSSR count). The third-order valence-electron chi connectivity index (χ3n) is 8.63. The van der Waals surface area contributed by atoms with E-state index in [0.717, 1.165) is 50.0 Å². The number of nitrogens with zero attached hydrogens (tertiary/aromatic N) is 2. The molecule has 5 heterocycles. The van der Waals surface area contributed by atoms with Crippen molar-refractivity contribution in [1.29, 1.82) is 0 Å². The minimum atomic E-state index is -1.18. The van der Waals surface area contributed by atoms with Crippen LogP contribution in [-0.4, -0.2) is 42.1 Å². The fourth-order valence-corrected chi connectivity index (χ4v) is 6.31. The normalized spacial score (nSPS) is 14.4. The fourth-order valence-electron chi connectivity index (χ4n) is 6.31. The molecule has 2 aliphatic heterocycles. The Morgan fingerprint density at radius 1 is 0.667 bits per heavy atom. The predicted molar refractivity (Wildman–Crippen MR) is 165 cm³/mol. The summed E-state index contributed by atoms with van der Waals surface area (Å²) in [5.41, 5.74) is 11.3. The van der Waals surface area contributed by atoms with Crippen molar-refractivity contribution in [2.45, 2.75) is 79.4 Å². The number of aromatic amines is 2. The number of carboxylic acids is 2. The van der Waals surface area contributed by atoms with Gasteiger partial charge in [0.15, 0.2) is 0 Å². The number of H-pyrrole nitrogens is 2. The van der Waals surface area contributed by atoms with E-state index in [0.29, 0.717) is 39.4 Å². The SMILES string of the molecule is CC1=C(CCC(=O)[O-])c2cc3nc(cc4[nH]c(cc5[nH]c(cc1n2)c(C)c5C(C)O)c(C)c4C(C)O)C(C)=C3CCC(=O)[O-].[Ni+2]. The average molecular weight is 655 g/mol. The number of aliphatic carboxylic acids is 2. The number of aliphatic hydroxyl groups excluding tert-OH is 2. The molecule has 45 heavy (non-hydrogen) atoms. The number of rotatable bonds is 8. The number of aromatic nitrogens is 4. The van der Waals surface area contributed by atoms with Crippen LogP contribution >= 0.6 is 0 Å². The van der Waals surface area contributed by atoms with Crippen LogP contribution in [0.2, 0.25) is 0 Å². The number of fused-ring (bicyclic) bond motifs is 8. The van der Waals surface area contributed by atoms with E-state index in [-0.39, 0.29) is 42.2 Å². The monoisotopic (exact) mass is 654 g/mol. The Hall–Kier alpha value is -4.05. The van der Waals surface area contributed by atoms with E-state index < -0.39 is 24.1 Å². The molecule has 4 N–H and O–H groups in total. The zero-order valence-corrected chi connectivity index (χ0v) is 27.0. The first-order valence-corrected chi connectivity index (χ1v) is 14.7. The average Bonchev–Trinajstić information content (AvgIpc) is 3.59. The summed E-state index contributed by atoms with van der Waals surface area (Å²) in [5, 5.41) is 44.4. The van der Waals surface area contributed by atoms with Crippen LogP contribution in [0.5, 0.6) is 0 Å². The first kappa shape index (κ1) is 33.8. The van der Waals surface area contributed by atoms with Crippen LogP contribution < -0.4 is 10.2 Å². The van der Waals surface area contributed by atoms with Gasteiger partial charge in [-0.05, 0) is 125 Å². The molecule has 0 spiro atoms. The molecular weight excluding hydrogens is 619 g/mol. The van der Waals surface area contributed by atoms with E-state index in [1.54, 1.807) is 19.9 Å². The summed E-state index contributed by atoms with van der Waals surface area (Å²) in [6, 6.07) is 7.41. The molecule has 0 aliphatic carbocycles. The molecule has 0 radical (unpaired) electrons. The van der Waals surface area contributed by atoms with Gasteiger partial charge >= 0.3 is 16.5 Å². The van der Waals surface area contributed by atoms with Crippen molar-refractivity contribution in [3.05, 3.63) is 69.3 Å². The number of aryl methyl sites for hydroxylation is 2. The maximum absolute atomic E-state index is 11.4. The number of nitrogens with one attached hydrogen (secondary N) is 2. The van der Waals surface area contributed by atoms with Gasteiger partial charge in [0.25, 0.3) is 0 Å². The van der Waals surface area contributed by atoms with Gasteiger partial charge in [-0.2, -0.15) is 0 Å². The van der Waals surface area contributed by atoms with Gasteiger partial charge in [-0.15, -0.1) is 0 Å². The van der Waals surface area contributed by atoms with Crippen molar-refractivity contribution in [3.63, 3.8) is 0 Å². The van der Waals surface area contributed by atoms with Gasteiger partial charge in [-0.1, -0.05) is 0 Å². The second-order valence-corrected chi connectivity index (χ2v) is 11.6. The first-order chi connectivity index (χ1) is 20.8. The predicted octanol–water partition coefficient (Wildman–Crippen LogP) is 3.96. The van der Waals surface area contributed by atoms with E-state index in [4.69, 9.17) is 9.97 Å². The Morgan fingerprint density at radius 3 is 1.44 bits per heavy atom. The second kappa shape index (κ2) is 13.1. The molecule has 8 bridgehead atoms. The smallest absolute Gasteiger partial charge is 0.550 e. The summed E-state index contributed by atoms with van der Waals surface area (Å²) < 4.78 is 0. The zero-order chi connectivity index (χ0) is 32.0. The molecular formula is C34H36N4NiO6. The Balaban J connectivity index is 0.00000461. The molecule has 3 aromatic heterocycles. The standard InChI is InChI=1S/C34H38N4O6.Ni/c1-15-21(7-9-31(41)42)27-14-28-22(8-10-32(43)44)16(2)24(36-28)12-29-34(20(6)40)18(4)26(38-29)13-30-33(19(5)39)17(3)25(37-30)11-23(15)35-27;/h11-14,19-20,37-40H,7-10H2,1-6H3,(H,41,42)(H,43,44);/q;+2/p-2. The Morgan fingerprint density at radius 2 is 1.04 bits per heavy atom. The zero-order valence-electron chi connectivity index (χ0n) is 26.0. The van der Waals surface area contributed by atoms with E-state index in [2.05, 4.69) is 9.97 Å². The van der Waals surface area contributed by atoms with Crippen molar-refractivity contribution in [3.8, 4) is 0 Å². The largest absolute Gasteiger partial charge is 2.00 e. The van der Waals surface area contributed by atoms with Gasteiger partial charge in [0.2, 0.25) is 0 Å². The molecule has 3 aromatic rings. The van der Waals surface area contributed by atoms with Crippen molar-refractivity contribution >= 4 is 56.3 Å².